The summed E-state index contributed by atoms with van der Waals surface area (Å²) in [5.74, 6) is 1.12. The lowest BCUT2D eigenvalue weighted by Crippen LogP contribution is -2.12. The van der Waals surface area contributed by atoms with Crippen molar-refractivity contribution in [2.45, 2.75) is 46.1 Å². The maximum Gasteiger partial charge on any atom is 0.106 e. The van der Waals surface area contributed by atoms with Gasteiger partial charge in [0.05, 0.1) is 5.69 Å². The fourth-order valence-electron chi connectivity index (χ4n) is 3.14. The summed E-state index contributed by atoms with van der Waals surface area (Å²) in [5.41, 5.74) is 11.9. The lowest BCUT2D eigenvalue weighted by Gasteiger charge is -2.16. The quantitative estimate of drug-likeness (QED) is 0.886. The van der Waals surface area contributed by atoms with Crippen molar-refractivity contribution in [3.63, 3.8) is 0 Å². The molecule has 0 unspecified atom stereocenters. The van der Waals surface area contributed by atoms with Crippen LogP contribution >= 0.6 is 12.2 Å². The minimum absolute atomic E-state index is 0.459. The molecule has 0 fully saturated rings. The average molecular weight is 299 g/mol. The minimum atomic E-state index is 0.459. The summed E-state index contributed by atoms with van der Waals surface area (Å²) < 4.78 is 2.37. The average Bonchev–Trinajstić information content (AvgIpc) is 2.77. The highest BCUT2D eigenvalue weighted by molar-refractivity contribution is 7.80. The minimum Gasteiger partial charge on any atom is -0.389 e. The second-order valence-electron chi connectivity index (χ2n) is 5.85. The Kier molecular flexibility index (Phi) is 3.81. The molecule has 0 amide bonds. The number of imidazole rings is 1. The number of aryl methyl sites for hydroxylation is 3. The van der Waals surface area contributed by atoms with Crippen LogP contribution in [0.25, 0.3) is 0 Å². The monoisotopic (exact) mass is 299 g/mol. The maximum atomic E-state index is 5.70. The van der Waals surface area contributed by atoms with E-state index >= 15 is 0 Å². The van der Waals surface area contributed by atoms with Crippen LogP contribution in [0.2, 0.25) is 0 Å². The van der Waals surface area contributed by atoms with E-state index in [-0.39, 0.29) is 0 Å². The van der Waals surface area contributed by atoms with E-state index in [2.05, 4.69) is 30.5 Å². The number of rotatable bonds is 3. The lowest BCUT2D eigenvalue weighted by atomic mass is 10.0. The maximum absolute atomic E-state index is 5.70. The molecule has 0 saturated heterocycles. The summed E-state index contributed by atoms with van der Waals surface area (Å²) in [6.07, 6.45) is 4.82. The Hall–Kier alpha value is -1.68. The van der Waals surface area contributed by atoms with Crippen LogP contribution in [0, 0.1) is 13.8 Å². The van der Waals surface area contributed by atoms with Gasteiger partial charge in [0.15, 0.2) is 0 Å². The normalized spacial score (nSPS) is 14.0. The van der Waals surface area contributed by atoms with Crippen molar-refractivity contribution in [2.75, 3.05) is 0 Å². The first-order chi connectivity index (χ1) is 10.1. The molecule has 4 heteroatoms. The molecule has 0 spiro atoms. The predicted molar refractivity (Wildman–Crippen MR) is 89.8 cm³/mol. The second kappa shape index (κ2) is 5.60. The van der Waals surface area contributed by atoms with Gasteiger partial charge in [0, 0.05) is 17.8 Å². The molecule has 1 aromatic carbocycles. The van der Waals surface area contributed by atoms with E-state index < -0.39 is 0 Å². The van der Waals surface area contributed by atoms with Crippen molar-refractivity contribution in [3.8, 4) is 0 Å². The standard InChI is InChI=1S/C17H21N3S/c1-11-9-13(17(18)21)7-8-14(11)10-20-12(2)19-15-5-3-4-6-16(15)20/h7-9H,3-6,10H2,1-2H3,(H2,18,21). The van der Waals surface area contributed by atoms with Gasteiger partial charge in [-0.2, -0.15) is 0 Å². The number of hydrogen-bond donors (Lipinski definition) is 1. The lowest BCUT2D eigenvalue weighted by molar-refractivity contribution is 0.623. The predicted octanol–water partition coefficient (Wildman–Crippen LogP) is 3.06. The van der Waals surface area contributed by atoms with Crippen molar-refractivity contribution in [1.82, 2.24) is 9.55 Å². The molecule has 1 aromatic heterocycles. The first kappa shape index (κ1) is 14.3. The molecule has 3 nitrogen and oxygen atoms in total. The van der Waals surface area contributed by atoms with Crippen LogP contribution in [0.15, 0.2) is 18.2 Å². The summed E-state index contributed by atoms with van der Waals surface area (Å²) >= 11 is 5.04. The highest BCUT2D eigenvalue weighted by Crippen LogP contribution is 2.24. The molecule has 0 saturated carbocycles. The third-order valence-corrected chi connectivity index (χ3v) is 4.61. The number of benzene rings is 1. The Balaban J connectivity index is 1.94. The van der Waals surface area contributed by atoms with Crippen LogP contribution in [0.3, 0.4) is 0 Å². The van der Waals surface area contributed by atoms with Crippen LogP contribution in [-0.4, -0.2) is 14.5 Å². The fourth-order valence-corrected chi connectivity index (χ4v) is 3.27. The van der Waals surface area contributed by atoms with E-state index in [1.54, 1.807) is 0 Å². The molecule has 0 radical (unpaired) electrons. The molecule has 1 aliphatic rings. The second-order valence-corrected chi connectivity index (χ2v) is 6.29. The van der Waals surface area contributed by atoms with Crippen molar-refractivity contribution in [3.05, 3.63) is 52.1 Å². The summed E-state index contributed by atoms with van der Waals surface area (Å²) in [4.78, 5) is 5.20. The number of thiocarbonyl (C=S) groups is 1. The molecule has 2 N–H and O–H groups in total. The van der Waals surface area contributed by atoms with Crippen LogP contribution in [0.5, 0.6) is 0 Å². The number of aromatic nitrogens is 2. The smallest absolute Gasteiger partial charge is 0.106 e. The molecule has 3 rings (SSSR count). The Labute approximate surface area is 131 Å². The molecular weight excluding hydrogens is 278 g/mol. The van der Waals surface area contributed by atoms with Crippen LogP contribution in [-0.2, 0) is 19.4 Å². The molecule has 21 heavy (non-hydrogen) atoms. The fraction of sp³-hybridized carbons (Fsp3) is 0.412. The number of hydrogen-bond acceptors (Lipinski definition) is 2. The van der Waals surface area contributed by atoms with Gasteiger partial charge in [-0.1, -0.05) is 24.4 Å². The SMILES string of the molecule is Cc1cc(C(N)=S)ccc1Cn1c(C)nc2c1CCCC2. The Morgan fingerprint density at radius 3 is 2.76 bits per heavy atom. The molecule has 0 bridgehead atoms. The summed E-state index contributed by atoms with van der Waals surface area (Å²) in [7, 11) is 0. The number of nitrogens with two attached hydrogens (primary N) is 1. The zero-order valence-electron chi connectivity index (χ0n) is 12.6. The molecule has 0 aliphatic heterocycles. The van der Waals surface area contributed by atoms with E-state index in [1.165, 1.54) is 35.4 Å². The topological polar surface area (TPSA) is 43.8 Å². The summed E-state index contributed by atoms with van der Waals surface area (Å²) in [5, 5.41) is 0. The van der Waals surface area contributed by atoms with Gasteiger partial charge in [-0.15, -0.1) is 0 Å². The Morgan fingerprint density at radius 2 is 2.05 bits per heavy atom. The van der Waals surface area contributed by atoms with Gasteiger partial charge < -0.3 is 10.3 Å². The van der Waals surface area contributed by atoms with Crippen molar-refractivity contribution in [1.29, 1.82) is 0 Å². The zero-order valence-corrected chi connectivity index (χ0v) is 13.5. The van der Waals surface area contributed by atoms with E-state index in [0.717, 1.165) is 30.8 Å². The van der Waals surface area contributed by atoms with E-state index in [0.29, 0.717) is 4.99 Å². The molecular formula is C17H21N3S. The third-order valence-electron chi connectivity index (χ3n) is 4.38. The molecule has 2 aromatic rings. The third kappa shape index (κ3) is 2.72. The van der Waals surface area contributed by atoms with Crippen LogP contribution < -0.4 is 5.73 Å². The van der Waals surface area contributed by atoms with Gasteiger partial charge in [0.25, 0.3) is 0 Å². The molecule has 1 aliphatic carbocycles. The highest BCUT2D eigenvalue weighted by Gasteiger charge is 2.18. The largest absolute Gasteiger partial charge is 0.389 e. The van der Waals surface area contributed by atoms with Gasteiger partial charge in [-0.25, -0.2) is 4.98 Å². The van der Waals surface area contributed by atoms with Crippen molar-refractivity contribution >= 4 is 17.2 Å². The molecule has 0 atom stereocenters. The van der Waals surface area contributed by atoms with Crippen LogP contribution in [0.1, 0.15) is 46.7 Å². The van der Waals surface area contributed by atoms with Crippen molar-refractivity contribution < 1.29 is 0 Å². The zero-order chi connectivity index (χ0) is 15.0. The van der Waals surface area contributed by atoms with Gasteiger partial charge in [0.1, 0.15) is 10.8 Å². The highest BCUT2D eigenvalue weighted by atomic mass is 32.1. The van der Waals surface area contributed by atoms with Gasteiger partial charge in [0.2, 0.25) is 0 Å². The Morgan fingerprint density at radius 1 is 1.29 bits per heavy atom. The van der Waals surface area contributed by atoms with Gasteiger partial charge in [-0.05, 0) is 56.7 Å². The van der Waals surface area contributed by atoms with Crippen LogP contribution in [0.4, 0.5) is 0 Å². The Bertz CT molecular complexity index is 700. The number of fused-ring (bicyclic) bond motifs is 1. The van der Waals surface area contributed by atoms with E-state index in [9.17, 15) is 0 Å². The molecule has 1 heterocycles. The first-order valence-corrected chi connectivity index (χ1v) is 7.91. The van der Waals surface area contributed by atoms with E-state index in [1.807, 2.05) is 6.07 Å². The first-order valence-electron chi connectivity index (χ1n) is 7.50. The summed E-state index contributed by atoms with van der Waals surface area (Å²) in [6.45, 7) is 5.12. The number of nitrogens with zero attached hydrogens (tertiary/aromatic N) is 2. The molecule has 110 valence electrons. The van der Waals surface area contributed by atoms with Gasteiger partial charge in [-0.3, -0.25) is 0 Å². The van der Waals surface area contributed by atoms with Gasteiger partial charge >= 0.3 is 0 Å². The van der Waals surface area contributed by atoms with Crippen molar-refractivity contribution in [2.24, 2.45) is 5.73 Å². The van der Waals surface area contributed by atoms with E-state index in [4.69, 9.17) is 22.9 Å². The summed E-state index contributed by atoms with van der Waals surface area (Å²) in [6, 6.07) is 6.23.